The molecule has 0 N–H and O–H groups in total. The lowest BCUT2D eigenvalue weighted by atomic mass is 9.98. The average molecular weight is 381 g/mol. The van der Waals surface area contributed by atoms with E-state index < -0.39 is 0 Å². The average Bonchev–Trinajstić information content (AvgIpc) is 2.17. The van der Waals surface area contributed by atoms with Gasteiger partial charge in [0, 0.05) is 8.04 Å². The Morgan fingerprint density at radius 2 is 1.87 bits per heavy atom. The van der Waals surface area contributed by atoms with Gasteiger partial charge in [-0.3, -0.25) is 0 Å². The first kappa shape index (κ1) is 11.7. The van der Waals surface area contributed by atoms with Crippen molar-refractivity contribution >= 4 is 38.5 Å². The third kappa shape index (κ3) is 3.63. The lowest BCUT2D eigenvalue weighted by molar-refractivity contribution is 0.155. The molecule has 0 saturated heterocycles. The van der Waals surface area contributed by atoms with Gasteiger partial charge in [-0.25, -0.2) is 0 Å². The lowest BCUT2D eigenvalue weighted by Gasteiger charge is -2.23. The van der Waals surface area contributed by atoms with Crippen LogP contribution >= 0.6 is 38.5 Å². The molecule has 0 amide bonds. The van der Waals surface area contributed by atoms with Crippen molar-refractivity contribution in [3.05, 3.63) is 26.2 Å². The van der Waals surface area contributed by atoms with Crippen LogP contribution < -0.4 is 4.74 Å². The van der Waals surface area contributed by atoms with Crippen LogP contribution in [0.1, 0.15) is 32.1 Å². The first-order valence-corrected chi connectivity index (χ1v) is 7.24. The first-order valence-electron chi connectivity index (χ1n) is 5.37. The summed E-state index contributed by atoms with van der Waals surface area (Å²) in [6.45, 7) is 0. The molecule has 0 atom stereocenters. The molecule has 1 aromatic carbocycles. The Bertz CT molecular complexity index is 314. The minimum absolute atomic E-state index is 0.434. The van der Waals surface area contributed by atoms with Gasteiger partial charge in [-0.05, 0) is 66.5 Å². The molecule has 0 radical (unpaired) electrons. The fourth-order valence-corrected chi connectivity index (χ4v) is 3.51. The Morgan fingerprint density at radius 1 is 1.13 bits per heavy atom. The first-order chi connectivity index (χ1) is 7.24. The van der Waals surface area contributed by atoms with Crippen molar-refractivity contribution in [2.45, 2.75) is 38.2 Å². The molecule has 3 heteroatoms. The van der Waals surface area contributed by atoms with Gasteiger partial charge in [0.2, 0.25) is 0 Å². The largest absolute Gasteiger partial charge is 0.490 e. The summed E-state index contributed by atoms with van der Waals surface area (Å²) in [5, 5.41) is 0. The minimum Gasteiger partial charge on any atom is -0.490 e. The van der Waals surface area contributed by atoms with Crippen LogP contribution in [0, 0.1) is 3.57 Å². The number of rotatable bonds is 2. The zero-order valence-corrected chi connectivity index (χ0v) is 12.3. The van der Waals surface area contributed by atoms with E-state index in [4.69, 9.17) is 4.74 Å². The molecule has 15 heavy (non-hydrogen) atoms. The van der Waals surface area contributed by atoms with Gasteiger partial charge in [0.1, 0.15) is 5.75 Å². The fourth-order valence-electron chi connectivity index (χ4n) is 1.97. The number of hydrogen-bond acceptors (Lipinski definition) is 1. The smallest absolute Gasteiger partial charge is 0.121 e. The standard InChI is InChI=1S/C12H14BrIO/c13-9-6-10(14)8-12(7-9)15-11-4-2-1-3-5-11/h6-8,11H,1-5H2. The quantitative estimate of drug-likeness (QED) is 0.672. The summed E-state index contributed by atoms with van der Waals surface area (Å²) in [5.41, 5.74) is 0. The highest BCUT2D eigenvalue weighted by atomic mass is 127. The Kier molecular flexibility index (Phi) is 4.31. The van der Waals surface area contributed by atoms with Gasteiger partial charge in [-0.15, -0.1) is 0 Å². The van der Waals surface area contributed by atoms with Gasteiger partial charge in [0.15, 0.2) is 0 Å². The summed E-state index contributed by atoms with van der Waals surface area (Å²) >= 11 is 5.81. The maximum Gasteiger partial charge on any atom is 0.121 e. The minimum atomic E-state index is 0.434. The molecule has 1 nitrogen and oxygen atoms in total. The zero-order valence-electron chi connectivity index (χ0n) is 8.51. The van der Waals surface area contributed by atoms with E-state index in [0.29, 0.717) is 6.10 Å². The van der Waals surface area contributed by atoms with E-state index in [9.17, 15) is 0 Å². The second-order valence-electron chi connectivity index (χ2n) is 3.98. The summed E-state index contributed by atoms with van der Waals surface area (Å²) in [6.07, 6.45) is 6.86. The van der Waals surface area contributed by atoms with Crippen molar-refractivity contribution in [1.82, 2.24) is 0 Å². The Hall–Kier alpha value is 0.230. The lowest BCUT2D eigenvalue weighted by Crippen LogP contribution is -2.19. The van der Waals surface area contributed by atoms with E-state index in [1.807, 2.05) is 0 Å². The van der Waals surface area contributed by atoms with Crippen LogP contribution in [-0.4, -0.2) is 6.10 Å². The zero-order chi connectivity index (χ0) is 10.7. The van der Waals surface area contributed by atoms with Gasteiger partial charge in [-0.2, -0.15) is 0 Å². The number of hydrogen-bond donors (Lipinski definition) is 0. The highest BCUT2D eigenvalue weighted by Crippen LogP contribution is 2.27. The van der Waals surface area contributed by atoms with E-state index in [1.165, 1.54) is 35.7 Å². The number of ether oxygens (including phenoxy) is 1. The van der Waals surface area contributed by atoms with Gasteiger partial charge < -0.3 is 4.74 Å². The van der Waals surface area contributed by atoms with Crippen LogP contribution in [0.25, 0.3) is 0 Å². The Morgan fingerprint density at radius 3 is 2.53 bits per heavy atom. The highest BCUT2D eigenvalue weighted by molar-refractivity contribution is 14.1. The Balaban J connectivity index is 2.02. The second-order valence-corrected chi connectivity index (χ2v) is 6.14. The molecule has 1 fully saturated rings. The third-order valence-corrected chi connectivity index (χ3v) is 3.77. The molecule has 0 unspecified atom stereocenters. The molecule has 0 bridgehead atoms. The molecule has 1 saturated carbocycles. The maximum absolute atomic E-state index is 5.98. The Labute approximate surface area is 113 Å². The molecular weight excluding hydrogens is 367 g/mol. The summed E-state index contributed by atoms with van der Waals surface area (Å²) < 4.78 is 8.30. The van der Waals surface area contributed by atoms with E-state index in [2.05, 4.69) is 56.7 Å². The third-order valence-electron chi connectivity index (χ3n) is 2.69. The van der Waals surface area contributed by atoms with Crippen molar-refractivity contribution < 1.29 is 4.74 Å². The van der Waals surface area contributed by atoms with E-state index in [-0.39, 0.29) is 0 Å². The van der Waals surface area contributed by atoms with Crippen molar-refractivity contribution in [3.8, 4) is 5.75 Å². The van der Waals surface area contributed by atoms with Crippen molar-refractivity contribution in [2.24, 2.45) is 0 Å². The molecular formula is C12H14BrIO. The van der Waals surface area contributed by atoms with Crippen molar-refractivity contribution in [3.63, 3.8) is 0 Å². The van der Waals surface area contributed by atoms with Crippen molar-refractivity contribution in [2.75, 3.05) is 0 Å². The summed E-state index contributed by atoms with van der Waals surface area (Å²) in [7, 11) is 0. The van der Waals surface area contributed by atoms with Crippen LogP contribution in [0.3, 0.4) is 0 Å². The molecule has 0 spiro atoms. The molecule has 2 rings (SSSR count). The van der Waals surface area contributed by atoms with Crippen LogP contribution in [0.5, 0.6) is 5.75 Å². The summed E-state index contributed by atoms with van der Waals surface area (Å²) in [5.74, 6) is 1.00. The normalized spacial score (nSPS) is 17.7. The number of halogens is 2. The number of benzene rings is 1. The molecule has 0 aliphatic heterocycles. The molecule has 82 valence electrons. The predicted octanol–water partition coefficient (Wildman–Crippen LogP) is 4.77. The molecule has 1 aliphatic carbocycles. The monoisotopic (exact) mass is 380 g/mol. The van der Waals surface area contributed by atoms with Gasteiger partial charge in [0.25, 0.3) is 0 Å². The summed E-state index contributed by atoms with van der Waals surface area (Å²) in [6, 6.07) is 6.24. The van der Waals surface area contributed by atoms with Crippen molar-refractivity contribution in [1.29, 1.82) is 0 Å². The van der Waals surface area contributed by atoms with Crippen LogP contribution in [0.15, 0.2) is 22.7 Å². The van der Waals surface area contributed by atoms with Gasteiger partial charge in [-0.1, -0.05) is 22.4 Å². The topological polar surface area (TPSA) is 9.23 Å². The SMILES string of the molecule is Brc1cc(I)cc(OC2CCCCC2)c1. The molecule has 0 heterocycles. The maximum atomic E-state index is 5.98. The van der Waals surface area contributed by atoms with Crippen LogP contribution in [-0.2, 0) is 0 Å². The predicted molar refractivity (Wildman–Crippen MR) is 74.4 cm³/mol. The summed E-state index contributed by atoms with van der Waals surface area (Å²) in [4.78, 5) is 0. The fraction of sp³-hybridized carbons (Fsp3) is 0.500. The van der Waals surface area contributed by atoms with Gasteiger partial charge in [0.05, 0.1) is 6.10 Å². The van der Waals surface area contributed by atoms with E-state index >= 15 is 0 Å². The molecule has 0 aromatic heterocycles. The highest BCUT2D eigenvalue weighted by Gasteiger charge is 2.14. The second kappa shape index (κ2) is 5.53. The van der Waals surface area contributed by atoms with E-state index in [1.54, 1.807) is 0 Å². The van der Waals surface area contributed by atoms with Crippen LogP contribution in [0.2, 0.25) is 0 Å². The van der Waals surface area contributed by atoms with Gasteiger partial charge >= 0.3 is 0 Å². The molecule has 1 aromatic rings. The van der Waals surface area contributed by atoms with E-state index in [0.717, 1.165) is 10.2 Å². The van der Waals surface area contributed by atoms with Crippen LogP contribution in [0.4, 0.5) is 0 Å². The molecule has 1 aliphatic rings.